The first-order chi connectivity index (χ1) is 6.95. The number of nitrogens with one attached hydrogen (secondary N) is 2. The molecule has 1 unspecified atom stereocenters. The molecule has 0 radical (unpaired) electrons. The summed E-state index contributed by atoms with van der Waals surface area (Å²) in [7, 11) is 0. The smallest absolute Gasteiger partial charge is 0.0824 e. The molecule has 0 bridgehead atoms. The minimum Gasteiger partial charge on any atom is -0.381 e. The Balaban J connectivity index is 1.60. The molecule has 1 atom stereocenters. The monoisotopic (exact) mass is 200 g/mol. The zero-order valence-electron chi connectivity index (χ0n) is 8.63. The van der Waals surface area contributed by atoms with E-state index in [0.29, 0.717) is 12.1 Å². The summed E-state index contributed by atoms with van der Waals surface area (Å²) in [6.45, 7) is 5.60. The van der Waals surface area contributed by atoms with E-state index in [9.17, 15) is 0 Å². The standard InChI is InChI=1S/C10H20N2O2/c1-4-13-5-2-9(1)12-8-10-7-11-3-6-14-10/h9-12H,1-8H2. The van der Waals surface area contributed by atoms with Gasteiger partial charge in [0.25, 0.3) is 0 Å². The van der Waals surface area contributed by atoms with Crippen molar-refractivity contribution < 1.29 is 9.47 Å². The summed E-state index contributed by atoms with van der Waals surface area (Å²) >= 11 is 0. The summed E-state index contributed by atoms with van der Waals surface area (Å²) in [5.41, 5.74) is 0. The van der Waals surface area contributed by atoms with E-state index in [1.807, 2.05) is 0 Å². The molecule has 0 saturated carbocycles. The van der Waals surface area contributed by atoms with E-state index < -0.39 is 0 Å². The average Bonchev–Trinajstić information content (AvgIpc) is 2.29. The van der Waals surface area contributed by atoms with Crippen molar-refractivity contribution in [2.75, 3.05) is 39.5 Å². The third-order valence-corrected chi connectivity index (χ3v) is 2.86. The van der Waals surface area contributed by atoms with E-state index in [-0.39, 0.29) is 0 Å². The zero-order chi connectivity index (χ0) is 9.64. The van der Waals surface area contributed by atoms with Gasteiger partial charge in [0.15, 0.2) is 0 Å². The highest BCUT2D eigenvalue weighted by Gasteiger charge is 2.17. The first-order valence-corrected chi connectivity index (χ1v) is 5.58. The maximum Gasteiger partial charge on any atom is 0.0824 e. The molecule has 2 fully saturated rings. The molecule has 2 heterocycles. The number of ether oxygens (including phenoxy) is 2. The van der Waals surface area contributed by atoms with Crippen molar-refractivity contribution in [3.05, 3.63) is 0 Å². The summed E-state index contributed by atoms with van der Waals surface area (Å²) in [5.74, 6) is 0. The second-order valence-electron chi connectivity index (χ2n) is 3.99. The van der Waals surface area contributed by atoms with Gasteiger partial charge in [0, 0.05) is 38.9 Å². The van der Waals surface area contributed by atoms with Crippen molar-refractivity contribution in [3.8, 4) is 0 Å². The lowest BCUT2D eigenvalue weighted by Crippen LogP contribution is -2.47. The van der Waals surface area contributed by atoms with E-state index >= 15 is 0 Å². The van der Waals surface area contributed by atoms with Crippen LogP contribution >= 0.6 is 0 Å². The van der Waals surface area contributed by atoms with E-state index in [4.69, 9.17) is 9.47 Å². The highest BCUT2D eigenvalue weighted by Crippen LogP contribution is 2.06. The molecule has 14 heavy (non-hydrogen) atoms. The van der Waals surface area contributed by atoms with Crippen LogP contribution in [0.5, 0.6) is 0 Å². The van der Waals surface area contributed by atoms with Gasteiger partial charge in [-0.3, -0.25) is 0 Å². The molecule has 2 N–H and O–H groups in total. The molecule has 2 saturated heterocycles. The van der Waals surface area contributed by atoms with Crippen LogP contribution in [-0.4, -0.2) is 51.6 Å². The molecule has 4 nitrogen and oxygen atoms in total. The highest BCUT2D eigenvalue weighted by atomic mass is 16.5. The van der Waals surface area contributed by atoms with Crippen molar-refractivity contribution >= 4 is 0 Å². The van der Waals surface area contributed by atoms with E-state index in [1.54, 1.807) is 0 Å². The first-order valence-electron chi connectivity index (χ1n) is 5.58. The van der Waals surface area contributed by atoms with Crippen molar-refractivity contribution in [3.63, 3.8) is 0 Å². The maximum atomic E-state index is 5.61. The van der Waals surface area contributed by atoms with Crippen molar-refractivity contribution in [2.45, 2.75) is 25.0 Å². The van der Waals surface area contributed by atoms with Crippen LogP contribution in [0, 0.1) is 0 Å². The zero-order valence-corrected chi connectivity index (χ0v) is 8.63. The number of morpholine rings is 1. The molecular formula is C10H20N2O2. The van der Waals surface area contributed by atoms with Crippen LogP contribution in [0.3, 0.4) is 0 Å². The van der Waals surface area contributed by atoms with Gasteiger partial charge in [0.1, 0.15) is 0 Å². The second kappa shape index (κ2) is 5.66. The molecule has 4 heteroatoms. The minimum absolute atomic E-state index is 0.353. The van der Waals surface area contributed by atoms with Gasteiger partial charge in [-0.05, 0) is 12.8 Å². The van der Waals surface area contributed by atoms with Gasteiger partial charge in [-0.2, -0.15) is 0 Å². The van der Waals surface area contributed by atoms with E-state index in [1.165, 1.54) is 0 Å². The largest absolute Gasteiger partial charge is 0.381 e. The van der Waals surface area contributed by atoms with Gasteiger partial charge in [0.2, 0.25) is 0 Å². The van der Waals surface area contributed by atoms with E-state index in [0.717, 1.165) is 52.3 Å². The van der Waals surface area contributed by atoms with Crippen LogP contribution in [-0.2, 0) is 9.47 Å². The maximum absolute atomic E-state index is 5.61. The Morgan fingerprint density at radius 2 is 2.07 bits per heavy atom. The molecule has 0 aliphatic carbocycles. The molecule has 0 aromatic carbocycles. The van der Waals surface area contributed by atoms with Gasteiger partial charge in [-0.25, -0.2) is 0 Å². The summed E-state index contributed by atoms with van der Waals surface area (Å²) in [4.78, 5) is 0. The normalized spacial score (nSPS) is 30.4. The molecule has 2 rings (SSSR count). The van der Waals surface area contributed by atoms with Gasteiger partial charge < -0.3 is 20.1 Å². The molecule has 2 aliphatic rings. The molecular weight excluding hydrogens is 180 g/mol. The minimum atomic E-state index is 0.353. The molecule has 2 aliphatic heterocycles. The first kappa shape index (κ1) is 10.4. The Morgan fingerprint density at radius 3 is 2.79 bits per heavy atom. The van der Waals surface area contributed by atoms with E-state index in [2.05, 4.69) is 10.6 Å². The summed E-state index contributed by atoms with van der Waals surface area (Å²) < 4.78 is 10.9. The topological polar surface area (TPSA) is 42.5 Å². The van der Waals surface area contributed by atoms with Crippen molar-refractivity contribution in [1.29, 1.82) is 0 Å². The van der Waals surface area contributed by atoms with Gasteiger partial charge in [-0.15, -0.1) is 0 Å². The lowest BCUT2D eigenvalue weighted by Gasteiger charge is -2.28. The second-order valence-corrected chi connectivity index (χ2v) is 3.99. The molecule has 0 amide bonds. The van der Waals surface area contributed by atoms with Crippen molar-refractivity contribution in [1.82, 2.24) is 10.6 Å². The van der Waals surface area contributed by atoms with Crippen LogP contribution < -0.4 is 10.6 Å². The van der Waals surface area contributed by atoms with Crippen LogP contribution in [0.1, 0.15) is 12.8 Å². The fraction of sp³-hybridized carbons (Fsp3) is 1.00. The van der Waals surface area contributed by atoms with Crippen LogP contribution in [0.4, 0.5) is 0 Å². The van der Waals surface area contributed by atoms with Crippen molar-refractivity contribution in [2.24, 2.45) is 0 Å². The predicted octanol–water partition coefficient (Wildman–Crippen LogP) is -0.257. The SMILES string of the molecule is C1COC(CNC2CCOCC2)CN1. The average molecular weight is 200 g/mol. The van der Waals surface area contributed by atoms with Crippen LogP contribution in [0.2, 0.25) is 0 Å². The lowest BCUT2D eigenvalue weighted by molar-refractivity contribution is 0.0216. The fourth-order valence-corrected chi connectivity index (χ4v) is 1.95. The summed E-state index contributed by atoms with van der Waals surface area (Å²) in [5, 5.41) is 6.88. The van der Waals surface area contributed by atoms with Gasteiger partial charge in [0.05, 0.1) is 12.7 Å². The Hall–Kier alpha value is -0.160. The Labute approximate surface area is 85.3 Å². The van der Waals surface area contributed by atoms with Crippen LogP contribution in [0.15, 0.2) is 0 Å². The Morgan fingerprint density at radius 1 is 1.21 bits per heavy atom. The molecule has 0 aromatic rings. The third-order valence-electron chi connectivity index (χ3n) is 2.86. The third kappa shape index (κ3) is 3.20. The molecule has 82 valence electrons. The van der Waals surface area contributed by atoms with Gasteiger partial charge >= 0.3 is 0 Å². The fourth-order valence-electron chi connectivity index (χ4n) is 1.95. The lowest BCUT2D eigenvalue weighted by atomic mass is 10.1. The summed E-state index contributed by atoms with van der Waals surface area (Å²) in [6.07, 6.45) is 2.63. The highest BCUT2D eigenvalue weighted by molar-refractivity contribution is 4.75. The molecule has 0 spiro atoms. The van der Waals surface area contributed by atoms with Gasteiger partial charge in [-0.1, -0.05) is 0 Å². The quantitative estimate of drug-likeness (QED) is 0.659. The molecule has 0 aromatic heterocycles. The number of rotatable bonds is 3. The summed E-state index contributed by atoms with van der Waals surface area (Å²) in [6, 6.07) is 0.634. The predicted molar refractivity (Wildman–Crippen MR) is 54.5 cm³/mol. The number of hydrogen-bond acceptors (Lipinski definition) is 4. The van der Waals surface area contributed by atoms with Crippen LogP contribution in [0.25, 0.3) is 0 Å². The Kier molecular flexibility index (Phi) is 4.19. The Bertz CT molecular complexity index is 136. The number of hydrogen-bond donors (Lipinski definition) is 2.